The molecule has 0 unspecified atom stereocenters. The molecule has 0 radical (unpaired) electrons. The molecule has 2 fully saturated rings. The fourth-order valence-corrected chi connectivity index (χ4v) is 3.71. The number of amides is 2. The summed E-state index contributed by atoms with van der Waals surface area (Å²) in [6.07, 6.45) is 4.46. The van der Waals surface area contributed by atoms with E-state index in [1.54, 1.807) is 11.0 Å². The second kappa shape index (κ2) is 7.91. The maximum atomic E-state index is 12.8. The maximum absolute atomic E-state index is 12.8. The van der Waals surface area contributed by atoms with Crippen LogP contribution in [0.3, 0.4) is 0 Å². The first-order chi connectivity index (χ1) is 12.1. The highest BCUT2D eigenvalue weighted by atomic mass is 35.5. The molecule has 5 nitrogen and oxygen atoms in total. The van der Waals surface area contributed by atoms with Gasteiger partial charge >= 0.3 is 0 Å². The quantitative estimate of drug-likeness (QED) is 0.774. The molecule has 3 rings (SSSR count). The third-order valence-electron chi connectivity index (χ3n) is 4.88. The molecule has 0 bridgehead atoms. The van der Waals surface area contributed by atoms with E-state index in [2.05, 4.69) is 6.58 Å². The van der Waals surface area contributed by atoms with Gasteiger partial charge in [0.1, 0.15) is 17.9 Å². The Morgan fingerprint density at radius 2 is 1.88 bits per heavy atom. The van der Waals surface area contributed by atoms with E-state index in [4.69, 9.17) is 16.3 Å². The largest absolute Gasteiger partial charge is 0.489 e. The number of hydrogen-bond donors (Lipinski definition) is 0. The molecule has 1 aromatic rings. The van der Waals surface area contributed by atoms with Crippen LogP contribution in [0.15, 0.2) is 36.9 Å². The summed E-state index contributed by atoms with van der Waals surface area (Å²) in [5.74, 6) is 0.573. The molecule has 0 N–H and O–H groups in total. The number of ether oxygens (including phenoxy) is 1. The Bertz CT molecular complexity index is 656. The number of nitrogens with zero attached hydrogens (tertiary/aromatic N) is 2. The summed E-state index contributed by atoms with van der Waals surface area (Å²) < 4.78 is 5.97. The highest BCUT2D eigenvalue weighted by Crippen LogP contribution is 2.27. The Hall–Kier alpha value is -2.01. The highest BCUT2D eigenvalue weighted by molar-refractivity contribution is 6.32. The third-order valence-corrected chi connectivity index (χ3v) is 5.19. The van der Waals surface area contributed by atoms with Crippen LogP contribution in [0.5, 0.6) is 5.75 Å². The van der Waals surface area contributed by atoms with Crippen LogP contribution in [0.4, 0.5) is 0 Å². The lowest BCUT2D eigenvalue weighted by Gasteiger charge is -2.35. The monoisotopic (exact) mass is 362 g/mol. The minimum absolute atomic E-state index is 0.0453. The average Bonchev–Trinajstić information content (AvgIpc) is 3.13. The van der Waals surface area contributed by atoms with Crippen molar-refractivity contribution in [2.45, 2.75) is 37.8 Å². The molecule has 0 aromatic heterocycles. The lowest BCUT2D eigenvalue weighted by Crippen LogP contribution is -2.50. The van der Waals surface area contributed by atoms with Crippen LogP contribution in [0.25, 0.3) is 0 Å². The van der Waals surface area contributed by atoms with E-state index >= 15 is 0 Å². The Morgan fingerprint density at radius 3 is 2.56 bits per heavy atom. The topological polar surface area (TPSA) is 49.9 Å². The summed E-state index contributed by atoms with van der Waals surface area (Å²) in [5, 5.41) is 0.602. The van der Waals surface area contributed by atoms with Crippen LogP contribution >= 0.6 is 11.6 Å². The number of para-hydroxylation sites is 1. The molecule has 6 heteroatoms. The van der Waals surface area contributed by atoms with Gasteiger partial charge in [-0.25, -0.2) is 0 Å². The first-order valence-corrected chi connectivity index (χ1v) is 9.11. The summed E-state index contributed by atoms with van der Waals surface area (Å²) in [5.41, 5.74) is 0. The first kappa shape index (κ1) is 17.8. The van der Waals surface area contributed by atoms with Gasteiger partial charge in [-0.15, -0.1) is 0 Å². The second-order valence-corrected chi connectivity index (χ2v) is 6.87. The van der Waals surface area contributed by atoms with E-state index in [1.165, 1.54) is 6.08 Å². The van der Waals surface area contributed by atoms with Crippen LogP contribution in [0.1, 0.15) is 25.7 Å². The van der Waals surface area contributed by atoms with Gasteiger partial charge in [-0.1, -0.05) is 30.3 Å². The van der Waals surface area contributed by atoms with Crippen molar-refractivity contribution in [1.82, 2.24) is 9.80 Å². The molecule has 0 saturated carbocycles. The van der Waals surface area contributed by atoms with Gasteiger partial charge in [0.2, 0.25) is 11.8 Å². The van der Waals surface area contributed by atoms with E-state index in [1.807, 2.05) is 23.1 Å². The zero-order valence-corrected chi connectivity index (χ0v) is 15.0. The number of benzene rings is 1. The zero-order valence-electron chi connectivity index (χ0n) is 14.2. The molecule has 25 heavy (non-hydrogen) atoms. The SMILES string of the molecule is C=CC(=O)N1CCC[C@@H]1C(=O)N1CCC(Oc2ccccc2Cl)CC1. The van der Waals surface area contributed by atoms with Gasteiger partial charge in [0.25, 0.3) is 0 Å². The van der Waals surface area contributed by atoms with Crippen LogP contribution < -0.4 is 4.74 Å². The van der Waals surface area contributed by atoms with Crippen LogP contribution in [0.2, 0.25) is 5.02 Å². The van der Waals surface area contributed by atoms with Gasteiger partial charge in [0.05, 0.1) is 5.02 Å². The molecular formula is C19H23ClN2O3. The van der Waals surface area contributed by atoms with Gasteiger partial charge in [-0.05, 0) is 31.1 Å². The fraction of sp³-hybridized carbons (Fsp3) is 0.474. The van der Waals surface area contributed by atoms with E-state index < -0.39 is 0 Å². The van der Waals surface area contributed by atoms with Crippen LogP contribution in [-0.4, -0.2) is 53.4 Å². The highest BCUT2D eigenvalue weighted by Gasteiger charge is 2.37. The molecule has 2 aliphatic heterocycles. The Kier molecular flexibility index (Phi) is 5.63. The van der Waals surface area contributed by atoms with Crippen molar-refractivity contribution in [1.29, 1.82) is 0 Å². The number of likely N-dealkylation sites (tertiary alicyclic amines) is 2. The van der Waals surface area contributed by atoms with Crippen molar-refractivity contribution in [3.8, 4) is 5.75 Å². The van der Waals surface area contributed by atoms with E-state index in [-0.39, 0.29) is 24.0 Å². The van der Waals surface area contributed by atoms with E-state index in [0.717, 1.165) is 25.7 Å². The summed E-state index contributed by atoms with van der Waals surface area (Å²) >= 11 is 6.13. The van der Waals surface area contributed by atoms with Gasteiger partial charge in [-0.2, -0.15) is 0 Å². The predicted molar refractivity (Wildman–Crippen MR) is 96.6 cm³/mol. The Balaban J connectivity index is 1.55. The summed E-state index contributed by atoms with van der Waals surface area (Å²) in [4.78, 5) is 28.2. The van der Waals surface area contributed by atoms with Crippen molar-refractivity contribution in [2.24, 2.45) is 0 Å². The first-order valence-electron chi connectivity index (χ1n) is 8.73. The second-order valence-electron chi connectivity index (χ2n) is 6.47. The molecule has 2 aliphatic rings. The Morgan fingerprint density at radius 1 is 1.16 bits per heavy atom. The molecule has 1 aromatic carbocycles. The lowest BCUT2D eigenvalue weighted by molar-refractivity contribution is -0.143. The van der Waals surface area contributed by atoms with Crippen molar-refractivity contribution < 1.29 is 14.3 Å². The number of piperidine rings is 1. The number of carbonyl (C=O) groups excluding carboxylic acids is 2. The normalized spacial score (nSPS) is 21.2. The summed E-state index contributed by atoms with van der Waals surface area (Å²) in [6, 6.07) is 7.09. The average molecular weight is 363 g/mol. The fourth-order valence-electron chi connectivity index (χ4n) is 3.53. The standard InChI is InChI=1S/C19H23ClN2O3/c1-2-18(23)22-11-5-7-16(22)19(24)21-12-9-14(10-13-21)25-17-8-4-3-6-15(17)20/h2-4,6,8,14,16H,1,5,7,9-13H2/t16-/m1/s1. The molecule has 134 valence electrons. The van der Waals surface area contributed by atoms with E-state index in [9.17, 15) is 9.59 Å². The molecule has 2 saturated heterocycles. The van der Waals surface area contributed by atoms with Crippen molar-refractivity contribution in [3.63, 3.8) is 0 Å². The molecular weight excluding hydrogens is 340 g/mol. The van der Waals surface area contributed by atoms with Crippen molar-refractivity contribution in [3.05, 3.63) is 41.9 Å². The minimum Gasteiger partial charge on any atom is -0.489 e. The van der Waals surface area contributed by atoms with Crippen molar-refractivity contribution in [2.75, 3.05) is 19.6 Å². The number of hydrogen-bond acceptors (Lipinski definition) is 3. The number of halogens is 1. The van der Waals surface area contributed by atoms with E-state index in [0.29, 0.717) is 30.4 Å². The predicted octanol–water partition coefficient (Wildman–Crippen LogP) is 2.89. The van der Waals surface area contributed by atoms with Gasteiger partial charge in [0, 0.05) is 32.5 Å². The smallest absolute Gasteiger partial charge is 0.246 e. The summed E-state index contributed by atoms with van der Waals surface area (Å²) in [6.45, 7) is 5.44. The van der Waals surface area contributed by atoms with Gasteiger partial charge in [0.15, 0.2) is 0 Å². The van der Waals surface area contributed by atoms with Crippen LogP contribution in [0, 0.1) is 0 Å². The molecule has 2 heterocycles. The molecule has 1 atom stereocenters. The van der Waals surface area contributed by atoms with Gasteiger partial charge in [-0.3, -0.25) is 9.59 Å². The maximum Gasteiger partial charge on any atom is 0.246 e. The van der Waals surface area contributed by atoms with Crippen LogP contribution in [-0.2, 0) is 9.59 Å². The molecule has 2 amide bonds. The zero-order chi connectivity index (χ0) is 17.8. The number of rotatable bonds is 4. The minimum atomic E-state index is -0.341. The lowest BCUT2D eigenvalue weighted by atomic mass is 10.1. The molecule has 0 aliphatic carbocycles. The third kappa shape index (κ3) is 3.98. The number of carbonyl (C=O) groups is 2. The Labute approximate surface area is 153 Å². The van der Waals surface area contributed by atoms with Crippen molar-refractivity contribution >= 4 is 23.4 Å². The van der Waals surface area contributed by atoms with Gasteiger partial charge < -0.3 is 14.5 Å². The molecule has 0 spiro atoms. The summed E-state index contributed by atoms with van der Waals surface area (Å²) in [7, 11) is 0.